The van der Waals surface area contributed by atoms with Crippen molar-refractivity contribution in [1.82, 2.24) is 0 Å². The summed E-state index contributed by atoms with van der Waals surface area (Å²) in [6.07, 6.45) is 2.10. The third-order valence-electron chi connectivity index (χ3n) is 1.23. The minimum atomic E-state index is 0.161. The summed E-state index contributed by atoms with van der Waals surface area (Å²) in [6, 6.07) is 0. The molecule has 2 nitrogen and oxygen atoms in total. The van der Waals surface area contributed by atoms with Gasteiger partial charge in [-0.1, -0.05) is 31.9 Å². The monoisotopic (exact) mass is 302 g/mol. The zero-order valence-electron chi connectivity index (χ0n) is 7.56. The van der Waals surface area contributed by atoms with E-state index in [1.807, 2.05) is 13.8 Å². The Balaban J connectivity index is 2.91. The van der Waals surface area contributed by atoms with Gasteiger partial charge < -0.3 is 9.47 Å². The molecular formula is C8H16Br2O2. The van der Waals surface area contributed by atoms with Gasteiger partial charge in [-0.2, -0.15) is 0 Å². The van der Waals surface area contributed by atoms with Gasteiger partial charge in [-0.25, -0.2) is 0 Å². The Kier molecular flexibility index (Phi) is 9.10. The number of alkyl halides is 2. The van der Waals surface area contributed by atoms with Gasteiger partial charge in [0.25, 0.3) is 0 Å². The van der Waals surface area contributed by atoms with E-state index in [0.717, 1.165) is 26.1 Å². The fourth-order valence-corrected chi connectivity index (χ4v) is 1.07. The molecule has 0 aliphatic rings. The summed E-state index contributed by atoms with van der Waals surface area (Å²) in [5.74, 6) is 0. The lowest BCUT2D eigenvalue weighted by molar-refractivity contribution is 0.0969. The molecule has 0 radical (unpaired) electrons. The Hall–Kier alpha value is 0.880. The van der Waals surface area contributed by atoms with Crippen LogP contribution in [0.4, 0.5) is 0 Å². The Labute approximate surface area is 91.3 Å². The van der Waals surface area contributed by atoms with E-state index in [2.05, 4.69) is 31.9 Å². The molecule has 0 saturated carbocycles. The van der Waals surface area contributed by atoms with Crippen LogP contribution in [0.2, 0.25) is 0 Å². The molecule has 0 spiro atoms. The van der Waals surface area contributed by atoms with Crippen molar-refractivity contribution in [3.63, 3.8) is 0 Å². The molecule has 0 aromatic rings. The Morgan fingerprint density at radius 1 is 0.917 bits per heavy atom. The van der Waals surface area contributed by atoms with Crippen LogP contribution in [-0.2, 0) is 9.47 Å². The van der Waals surface area contributed by atoms with Crippen molar-refractivity contribution in [3.05, 3.63) is 0 Å². The van der Waals surface area contributed by atoms with Crippen molar-refractivity contribution in [2.24, 2.45) is 0 Å². The smallest absolute Gasteiger partial charge is 0.109 e. The maximum absolute atomic E-state index is 5.30. The van der Waals surface area contributed by atoms with E-state index in [0.29, 0.717) is 0 Å². The number of hydrogen-bond donors (Lipinski definition) is 0. The maximum Gasteiger partial charge on any atom is 0.109 e. The van der Waals surface area contributed by atoms with Crippen LogP contribution >= 0.6 is 31.9 Å². The molecule has 0 saturated heterocycles. The van der Waals surface area contributed by atoms with E-state index in [1.54, 1.807) is 0 Å². The van der Waals surface area contributed by atoms with Gasteiger partial charge in [-0.3, -0.25) is 0 Å². The highest BCUT2D eigenvalue weighted by atomic mass is 79.9. The Morgan fingerprint density at radius 3 is 1.50 bits per heavy atom. The molecule has 0 rings (SSSR count). The molecule has 0 fully saturated rings. The second kappa shape index (κ2) is 8.48. The average molecular weight is 304 g/mol. The van der Waals surface area contributed by atoms with Crippen LogP contribution in [-0.4, -0.2) is 23.2 Å². The van der Waals surface area contributed by atoms with E-state index in [-0.39, 0.29) is 10.0 Å². The highest BCUT2D eigenvalue weighted by Crippen LogP contribution is 2.03. The first-order valence-corrected chi connectivity index (χ1v) is 5.97. The van der Waals surface area contributed by atoms with E-state index >= 15 is 0 Å². The molecule has 0 heterocycles. The minimum Gasteiger partial charge on any atom is -0.367 e. The largest absolute Gasteiger partial charge is 0.367 e. The second-order valence-electron chi connectivity index (χ2n) is 2.53. The van der Waals surface area contributed by atoms with Crippen molar-refractivity contribution >= 4 is 31.9 Å². The van der Waals surface area contributed by atoms with Gasteiger partial charge in [0.1, 0.15) is 10.0 Å². The molecule has 2 atom stereocenters. The van der Waals surface area contributed by atoms with Crippen molar-refractivity contribution < 1.29 is 9.47 Å². The van der Waals surface area contributed by atoms with Crippen molar-refractivity contribution in [2.75, 3.05) is 13.2 Å². The van der Waals surface area contributed by atoms with Crippen LogP contribution in [0.15, 0.2) is 0 Å². The first-order valence-electron chi connectivity index (χ1n) is 4.14. The second-order valence-corrected chi connectivity index (χ2v) is 5.11. The molecule has 0 amide bonds. The molecule has 0 N–H and O–H groups in total. The molecule has 12 heavy (non-hydrogen) atoms. The van der Waals surface area contributed by atoms with Crippen LogP contribution < -0.4 is 0 Å². The topological polar surface area (TPSA) is 18.5 Å². The lowest BCUT2D eigenvalue weighted by Crippen LogP contribution is -2.04. The highest BCUT2D eigenvalue weighted by molar-refractivity contribution is 9.09. The maximum atomic E-state index is 5.30. The van der Waals surface area contributed by atoms with Crippen LogP contribution in [0.25, 0.3) is 0 Å². The summed E-state index contributed by atoms with van der Waals surface area (Å²) in [7, 11) is 0. The van der Waals surface area contributed by atoms with Gasteiger partial charge in [-0.05, 0) is 26.7 Å². The summed E-state index contributed by atoms with van der Waals surface area (Å²) in [5, 5.41) is 0.321. The zero-order chi connectivity index (χ0) is 9.40. The average Bonchev–Trinajstić information content (AvgIpc) is 1.95. The molecular weight excluding hydrogens is 288 g/mol. The molecule has 0 aliphatic heterocycles. The van der Waals surface area contributed by atoms with Crippen LogP contribution in [0.3, 0.4) is 0 Å². The predicted octanol–water partition coefficient (Wildman–Crippen LogP) is 3.28. The quantitative estimate of drug-likeness (QED) is 0.531. The van der Waals surface area contributed by atoms with Gasteiger partial charge in [0.2, 0.25) is 0 Å². The summed E-state index contributed by atoms with van der Waals surface area (Å²) >= 11 is 6.61. The van der Waals surface area contributed by atoms with Gasteiger partial charge in [0.05, 0.1) is 0 Å². The van der Waals surface area contributed by atoms with Gasteiger partial charge >= 0.3 is 0 Å². The van der Waals surface area contributed by atoms with Gasteiger partial charge in [0, 0.05) is 13.2 Å². The lowest BCUT2D eigenvalue weighted by atomic mass is 10.3. The van der Waals surface area contributed by atoms with Crippen molar-refractivity contribution in [3.8, 4) is 0 Å². The number of hydrogen-bond acceptors (Lipinski definition) is 2. The zero-order valence-corrected chi connectivity index (χ0v) is 10.7. The Bertz CT molecular complexity index is 85.1. The fourth-order valence-electron chi connectivity index (χ4n) is 0.696. The van der Waals surface area contributed by atoms with Crippen LogP contribution in [0, 0.1) is 0 Å². The summed E-state index contributed by atoms with van der Waals surface area (Å²) in [5.41, 5.74) is 0. The molecule has 0 aromatic heterocycles. The molecule has 2 unspecified atom stereocenters. The van der Waals surface area contributed by atoms with Crippen molar-refractivity contribution in [1.29, 1.82) is 0 Å². The number of unbranched alkanes of at least 4 members (excludes halogenated alkanes) is 1. The van der Waals surface area contributed by atoms with E-state index < -0.39 is 0 Å². The first-order chi connectivity index (χ1) is 5.63. The third kappa shape index (κ3) is 10.9. The fraction of sp³-hybridized carbons (Fsp3) is 1.00. The van der Waals surface area contributed by atoms with Gasteiger partial charge in [0.15, 0.2) is 0 Å². The summed E-state index contributed by atoms with van der Waals surface area (Å²) in [6.45, 7) is 5.53. The number of rotatable bonds is 7. The highest BCUT2D eigenvalue weighted by Gasteiger charge is 1.96. The first kappa shape index (κ1) is 12.9. The Morgan fingerprint density at radius 2 is 1.25 bits per heavy atom. The molecule has 0 bridgehead atoms. The molecule has 4 heteroatoms. The summed E-state index contributed by atoms with van der Waals surface area (Å²) < 4.78 is 10.6. The lowest BCUT2D eigenvalue weighted by Gasteiger charge is -2.07. The standard InChI is InChI=1S/C8H16Br2O2/c1-7(9)11-5-3-4-6-12-8(2)10/h7-8H,3-6H2,1-2H3. The number of halogens is 2. The third-order valence-corrected chi connectivity index (χ3v) is 1.76. The van der Waals surface area contributed by atoms with E-state index in [1.165, 1.54) is 0 Å². The molecule has 0 aliphatic carbocycles. The van der Waals surface area contributed by atoms with Crippen molar-refractivity contribution in [2.45, 2.75) is 36.7 Å². The van der Waals surface area contributed by atoms with Gasteiger partial charge in [-0.15, -0.1) is 0 Å². The van der Waals surface area contributed by atoms with E-state index in [9.17, 15) is 0 Å². The minimum absolute atomic E-state index is 0.161. The normalized spacial score (nSPS) is 16.0. The van der Waals surface area contributed by atoms with Crippen LogP contribution in [0.1, 0.15) is 26.7 Å². The summed E-state index contributed by atoms with van der Waals surface area (Å²) in [4.78, 5) is 0. The number of ether oxygens (including phenoxy) is 2. The predicted molar refractivity (Wildman–Crippen MR) is 57.9 cm³/mol. The molecule has 0 aromatic carbocycles. The SMILES string of the molecule is CC(Br)OCCCCOC(C)Br. The van der Waals surface area contributed by atoms with E-state index in [4.69, 9.17) is 9.47 Å². The molecule has 74 valence electrons. The van der Waals surface area contributed by atoms with Crippen LogP contribution in [0.5, 0.6) is 0 Å².